The molecule has 0 aromatic carbocycles. The second-order valence-corrected chi connectivity index (χ2v) is 9.39. The number of aromatic nitrogens is 5. The highest BCUT2D eigenvalue weighted by Crippen LogP contribution is 2.36. The molecule has 28 heavy (non-hydrogen) atoms. The van der Waals surface area contributed by atoms with Crippen LogP contribution < -0.4 is 4.90 Å². The lowest BCUT2D eigenvalue weighted by atomic mass is 9.81. The van der Waals surface area contributed by atoms with E-state index in [1.165, 1.54) is 4.31 Å². The quantitative estimate of drug-likeness (QED) is 0.638. The Labute approximate surface area is 163 Å². The first-order valence-electron chi connectivity index (χ1n) is 9.14. The number of rotatable bonds is 7. The molecule has 1 aliphatic carbocycles. The predicted molar refractivity (Wildman–Crippen MR) is 106 cm³/mol. The normalized spacial score (nSPS) is 19.7. The molecular weight excluding hydrogens is 378 g/mol. The fourth-order valence-electron chi connectivity index (χ4n) is 3.63. The first-order valence-corrected chi connectivity index (χ1v) is 10.7. The SMILES string of the molecule is CN(c1ncnc2[nH]ccc12)C1CC(CS(=O)(=O)N(C)Cc2cnccn2)C1. The van der Waals surface area contributed by atoms with Gasteiger partial charge in [-0.15, -0.1) is 0 Å². The Morgan fingerprint density at radius 2 is 2.00 bits per heavy atom. The zero-order valence-electron chi connectivity index (χ0n) is 15.9. The molecule has 1 fully saturated rings. The Hall–Kier alpha value is -2.59. The molecule has 148 valence electrons. The van der Waals surface area contributed by atoms with Crippen LogP contribution in [0.1, 0.15) is 18.5 Å². The van der Waals surface area contributed by atoms with Crippen molar-refractivity contribution in [2.75, 3.05) is 24.7 Å². The summed E-state index contributed by atoms with van der Waals surface area (Å²) in [5, 5.41) is 0.977. The van der Waals surface area contributed by atoms with Crippen LogP contribution in [-0.4, -0.2) is 63.5 Å². The van der Waals surface area contributed by atoms with Gasteiger partial charge in [0.05, 0.1) is 23.4 Å². The van der Waals surface area contributed by atoms with Gasteiger partial charge in [-0.25, -0.2) is 18.4 Å². The van der Waals surface area contributed by atoms with E-state index < -0.39 is 10.0 Å². The summed E-state index contributed by atoms with van der Waals surface area (Å²) in [6, 6.07) is 2.24. The van der Waals surface area contributed by atoms with E-state index in [2.05, 4.69) is 29.8 Å². The molecule has 9 nitrogen and oxygen atoms in total. The first-order chi connectivity index (χ1) is 13.4. The fourth-order valence-corrected chi connectivity index (χ4v) is 5.08. The molecule has 10 heteroatoms. The molecule has 0 aliphatic heterocycles. The zero-order chi connectivity index (χ0) is 19.7. The van der Waals surface area contributed by atoms with Gasteiger partial charge in [0.25, 0.3) is 0 Å². The van der Waals surface area contributed by atoms with Crippen molar-refractivity contribution in [2.24, 2.45) is 5.92 Å². The standard InChI is InChI=1S/C18H23N7O2S/c1-24(10-14-9-19-5-6-20-14)28(26,27)11-13-7-15(8-13)25(2)18-16-3-4-21-17(16)22-12-23-18/h3-6,9,12-13,15H,7-8,10-11H2,1-2H3,(H,21,22,23). The fraction of sp³-hybridized carbons (Fsp3) is 0.444. The number of nitrogens with one attached hydrogen (secondary N) is 1. The van der Waals surface area contributed by atoms with E-state index in [9.17, 15) is 8.42 Å². The molecular formula is C18H23N7O2S. The third kappa shape index (κ3) is 3.69. The van der Waals surface area contributed by atoms with Gasteiger partial charge in [0.15, 0.2) is 0 Å². The van der Waals surface area contributed by atoms with Crippen molar-refractivity contribution in [1.29, 1.82) is 0 Å². The summed E-state index contributed by atoms with van der Waals surface area (Å²) >= 11 is 0. The van der Waals surface area contributed by atoms with Gasteiger partial charge in [-0.05, 0) is 24.8 Å². The van der Waals surface area contributed by atoms with Crippen LogP contribution in [0.5, 0.6) is 0 Å². The zero-order valence-corrected chi connectivity index (χ0v) is 16.7. The molecule has 0 unspecified atom stereocenters. The molecule has 0 saturated heterocycles. The van der Waals surface area contributed by atoms with Crippen LogP contribution >= 0.6 is 0 Å². The van der Waals surface area contributed by atoms with Gasteiger partial charge in [-0.3, -0.25) is 9.97 Å². The van der Waals surface area contributed by atoms with Crippen LogP contribution in [0.15, 0.2) is 37.2 Å². The Morgan fingerprint density at radius 1 is 1.18 bits per heavy atom. The van der Waals surface area contributed by atoms with Crippen LogP contribution in [-0.2, 0) is 16.6 Å². The molecule has 4 rings (SSSR count). The van der Waals surface area contributed by atoms with Gasteiger partial charge in [0.1, 0.15) is 17.8 Å². The summed E-state index contributed by atoms with van der Waals surface area (Å²) in [5.41, 5.74) is 1.44. The molecule has 3 heterocycles. The minimum absolute atomic E-state index is 0.144. The Kier molecular flexibility index (Phi) is 4.98. The van der Waals surface area contributed by atoms with Gasteiger partial charge in [0, 0.05) is 44.9 Å². The van der Waals surface area contributed by atoms with E-state index in [1.54, 1.807) is 32.0 Å². The van der Waals surface area contributed by atoms with Crippen molar-refractivity contribution < 1.29 is 8.42 Å². The number of H-pyrrole nitrogens is 1. The Balaban J connectivity index is 1.35. The third-order valence-electron chi connectivity index (χ3n) is 5.35. The lowest BCUT2D eigenvalue weighted by molar-refractivity contribution is 0.278. The van der Waals surface area contributed by atoms with Gasteiger partial charge >= 0.3 is 0 Å². The molecule has 1 aliphatic rings. The molecule has 0 radical (unpaired) electrons. The highest BCUT2D eigenvalue weighted by atomic mass is 32.2. The molecule has 1 saturated carbocycles. The van der Waals surface area contributed by atoms with Crippen LogP contribution in [0.25, 0.3) is 11.0 Å². The molecule has 3 aromatic rings. The highest BCUT2D eigenvalue weighted by molar-refractivity contribution is 7.89. The van der Waals surface area contributed by atoms with Crippen molar-refractivity contribution in [1.82, 2.24) is 29.2 Å². The van der Waals surface area contributed by atoms with Crippen molar-refractivity contribution in [3.05, 3.63) is 42.9 Å². The van der Waals surface area contributed by atoms with E-state index in [0.29, 0.717) is 5.69 Å². The summed E-state index contributed by atoms with van der Waals surface area (Å²) in [6.07, 6.45) is 9.77. The van der Waals surface area contributed by atoms with Crippen LogP contribution in [0.3, 0.4) is 0 Å². The average Bonchev–Trinajstić information content (AvgIpc) is 3.13. The molecule has 1 N–H and O–H groups in total. The van der Waals surface area contributed by atoms with Gasteiger partial charge in [-0.2, -0.15) is 4.31 Å². The van der Waals surface area contributed by atoms with Crippen LogP contribution in [0.4, 0.5) is 5.82 Å². The smallest absolute Gasteiger partial charge is 0.214 e. The van der Waals surface area contributed by atoms with Crippen molar-refractivity contribution in [2.45, 2.75) is 25.4 Å². The van der Waals surface area contributed by atoms with E-state index in [-0.39, 0.29) is 24.3 Å². The molecule has 0 bridgehead atoms. The summed E-state index contributed by atoms with van der Waals surface area (Å²) in [5.74, 6) is 1.17. The van der Waals surface area contributed by atoms with Crippen molar-refractivity contribution >= 4 is 26.9 Å². The highest BCUT2D eigenvalue weighted by Gasteiger charge is 2.37. The number of sulfonamides is 1. The summed E-state index contributed by atoms with van der Waals surface area (Å²) in [4.78, 5) is 22.0. The maximum Gasteiger partial charge on any atom is 0.214 e. The molecule has 0 spiro atoms. The third-order valence-corrected chi connectivity index (χ3v) is 7.32. The molecule has 0 atom stereocenters. The average molecular weight is 401 g/mol. The molecule has 3 aromatic heterocycles. The van der Waals surface area contributed by atoms with Gasteiger partial charge < -0.3 is 9.88 Å². The summed E-state index contributed by atoms with van der Waals surface area (Å²) in [6.45, 7) is 0.235. The van der Waals surface area contributed by atoms with Crippen molar-refractivity contribution in [3.8, 4) is 0 Å². The number of hydrogen-bond acceptors (Lipinski definition) is 7. The minimum atomic E-state index is -3.34. The summed E-state index contributed by atoms with van der Waals surface area (Å²) in [7, 11) is 0.256. The largest absolute Gasteiger partial charge is 0.356 e. The van der Waals surface area contributed by atoms with E-state index in [4.69, 9.17) is 0 Å². The summed E-state index contributed by atoms with van der Waals surface area (Å²) < 4.78 is 26.7. The van der Waals surface area contributed by atoms with E-state index >= 15 is 0 Å². The number of anilines is 1. The number of nitrogens with zero attached hydrogens (tertiary/aromatic N) is 6. The number of aromatic amines is 1. The Bertz CT molecular complexity index is 1050. The maximum atomic E-state index is 12.7. The maximum absolute atomic E-state index is 12.7. The second kappa shape index (κ2) is 7.44. The minimum Gasteiger partial charge on any atom is -0.356 e. The number of fused-ring (bicyclic) bond motifs is 1. The van der Waals surface area contributed by atoms with Crippen LogP contribution in [0.2, 0.25) is 0 Å². The van der Waals surface area contributed by atoms with E-state index in [0.717, 1.165) is 29.7 Å². The van der Waals surface area contributed by atoms with Gasteiger partial charge in [0.2, 0.25) is 10.0 Å². The lowest BCUT2D eigenvalue weighted by Gasteiger charge is -2.42. The van der Waals surface area contributed by atoms with Gasteiger partial charge in [-0.1, -0.05) is 0 Å². The first kappa shape index (κ1) is 18.8. The van der Waals surface area contributed by atoms with E-state index in [1.807, 2.05) is 19.3 Å². The topological polar surface area (TPSA) is 108 Å². The monoisotopic (exact) mass is 401 g/mol. The molecule has 0 amide bonds. The number of hydrogen-bond donors (Lipinski definition) is 1. The van der Waals surface area contributed by atoms with Crippen molar-refractivity contribution in [3.63, 3.8) is 0 Å². The lowest BCUT2D eigenvalue weighted by Crippen LogP contribution is -2.46. The second-order valence-electron chi connectivity index (χ2n) is 7.27. The van der Waals surface area contributed by atoms with Crippen LogP contribution in [0, 0.1) is 5.92 Å². The Morgan fingerprint density at radius 3 is 2.75 bits per heavy atom. The predicted octanol–water partition coefficient (Wildman–Crippen LogP) is 1.42.